The number of likely N-dealkylation sites (tertiary alicyclic amines) is 1. The molecule has 1 aliphatic rings. The monoisotopic (exact) mass is 439 g/mol. The quantitative estimate of drug-likeness (QED) is 0.619. The molecule has 0 saturated carbocycles. The van der Waals surface area contributed by atoms with Gasteiger partial charge in [-0.05, 0) is 61.8 Å². The first kappa shape index (κ1) is 21.3. The summed E-state index contributed by atoms with van der Waals surface area (Å²) in [5, 5.41) is 8.11. The molecule has 0 atom stereocenters. The average molecular weight is 440 g/mol. The summed E-state index contributed by atoms with van der Waals surface area (Å²) in [6.45, 7) is 3.64. The van der Waals surface area contributed by atoms with Crippen molar-refractivity contribution in [1.82, 2.24) is 25.0 Å². The summed E-state index contributed by atoms with van der Waals surface area (Å²) in [7, 11) is 1.59. The third kappa shape index (κ3) is 5.24. The number of carbonyl (C=O) groups is 1. The minimum Gasteiger partial charge on any atom is -0.497 e. The van der Waals surface area contributed by atoms with Gasteiger partial charge in [0.25, 0.3) is 0 Å². The van der Waals surface area contributed by atoms with Crippen molar-refractivity contribution in [2.24, 2.45) is 0 Å². The molecule has 4 rings (SSSR count). The maximum absolute atomic E-state index is 12.8. The lowest BCUT2D eigenvalue weighted by atomic mass is 10.0. The van der Waals surface area contributed by atoms with Crippen LogP contribution >= 0.6 is 11.6 Å². The van der Waals surface area contributed by atoms with E-state index in [0.29, 0.717) is 23.0 Å². The first-order valence-electron chi connectivity index (χ1n) is 10.5. The van der Waals surface area contributed by atoms with Gasteiger partial charge in [0.15, 0.2) is 0 Å². The standard InChI is InChI=1S/C23H26ClN5O2/c1-31-20-14-18(13-19(24)15-20)22-21(17-5-7-25-8-6-17)16-29(27-22)23(30)26-9-12-28-10-3-2-4-11-28/h5-8,13-16H,2-4,9-12H2,1H3,(H,26,30). The second-order valence-corrected chi connectivity index (χ2v) is 8.02. The molecule has 3 aromatic rings. The molecule has 1 aliphatic heterocycles. The molecule has 1 saturated heterocycles. The van der Waals surface area contributed by atoms with Crippen LogP contribution in [0.15, 0.2) is 48.9 Å². The van der Waals surface area contributed by atoms with Gasteiger partial charge in [-0.15, -0.1) is 0 Å². The van der Waals surface area contributed by atoms with Crippen molar-refractivity contribution < 1.29 is 9.53 Å². The summed E-state index contributed by atoms with van der Waals surface area (Å²) in [6.07, 6.45) is 8.93. The molecule has 0 unspecified atom stereocenters. The minimum atomic E-state index is -0.257. The zero-order valence-electron chi connectivity index (χ0n) is 17.6. The van der Waals surface area contributed by atoms with Gasteiger partial charge in [-0.3, -0.25) is 4.98 Å². The van der Waals surface area contributed by atoms with E-state index in [1.165, 1.54) is 23.9 Å². The molecule has 1 aromatic carbocycles. The smallest absolute Gasteiger partial charge is 0.342 e. The second-order valence-electron chi connectivity index (χ2n) is 7.59. The number of methoxy groups -OCH3 is 1. The summed E-state index contributed by atoms with van der Waals surface area (Å²) < 4.78 is 6.71. The number of rotatable bonds is 6. The van der Waals surface area contributed by atoms with Crippen LogP contribution < -0.4 is 10.1 Å². The van der Waals surface area contributed by atoms with Gasteiger partial charge >= 0.3 is 6.03 Å². The third-order valence-electron chi connectivity index (χ3n) is 5.45. The van der Waals surface area contributed by atoms with Gasteiger partial charge in [0.05, 0.1) is 7.11 Å². The second kappa shape index (κ2) is 9.94. The molecule has 1 fully saturated rings. The van der Waals surface area contributed by atoms with Crippen molar-refractivity contribution in [2.75, 3.05) is 33.3 Å². The number of amides is 1. The lowest BCUT2D eigenvalue weighted by Gasteiger charge is -2.26. The Labute approximate surface area is 187 Å². The van der Waals surface area contributed by atoms with Crippen LogP contribution in [0, 0.1) is 0 Å². The van der Waals surface area contributed by atoms with Crippen molar-refractivity contribution in [2.45, 2.75) is 19.3 Å². The van der Waals surface area contributed by atoms with E-state index in [1.54, 1.807) is 31.8 Å². The fraction of sp³-hybridized carbons (Fsp3) is 0.348. The predicted molar refractivity (Wildman–Crippen MR) is 122 cm³/mol. The van der Waals surface area contributed by atoms with Crippen molar-refractivity contribution in [3.8, 4) is 28.1 Å². The number of nitrogens with one attached hydrogen (secondary N) is 1. The maximum atomic E-state index is 12.8. The van der Waals surface area contributed by atoms with E-state index in [9.17, 15) is 4.79 Å². The Balaban J connectivity index is 1.59. The number of ether oxygens (including phenoxy) is 1. The predicted octanol–water partition coefficient (Wildman–Crippen LogP) is 4.32. The van der Waals surface area contributed by atoms with Crippen LogP contribution in [0.5, 0.6) is 5.75 Å². The van der Waals surface area contributed by atoms with Gasteiger partial charge < -0.3 is 15.0 Å². The lowest BCUT2D eigenvalue weighted by Crippen LogP contribution is -2.39. The molecule has 0 radical (unpaired) electrons. The fourth-order valence-electron chi connectivity index (χ4n) is 3.84. The van der Waals surface area contributed by atoms with E-state index in [1.807, 2.05) is 24.3 Å². The number of nitrogens with zero attached hydrogens (tertiary/aromatic N) is 4. The number of benzene rings is 1. The topological polar surface area (TPSA) is 72.3 Å². The Morgan fingerprint density at radius 1 is 1.13 bits per heavy atom. The minimum absolute atomic E-state index is 0.257. The Hall–Kier alpha value is -2.90. The van der Waals surface area contributed by atoms with Crippen LogP contribution in [0.3, 0.4) is 0 Å². The molecule has 1 amide bonds. The normalized spacial score (nSPS) is 14.4. The lowest BCUT2D eigenvalue weighted by molar-refractivity contribution is 0.220. The van der Waals surface area contributed by atoms with Gasteiger partial charge in [0.2, 0.25) is 0 Å². The third-order valence-corrected chi connectivity index (χ3v) is 5.67. The highest BCUT2D eigenvalue weighted by atomic mass is 35.5. The van der Waals surface area contributed by atoms with E-state index in [4.69, 9.17) is 16.3 Å². The molecule has 0 spiro atoms. The molecule has 1 N–H and O–H groups in total. The Morgan fingerprint density at radius 3 is 2.65 bits per heavy atom. The van der Waals surface area contributed by atoms with Crippen LogP contribution in [0.4, 0.5) is 4.79 Å². The Morgan fingerprint density at radius 2 is 1.90 bits per heavy atom. The first-order chi connectivity index (χ1) is 15.1. The van der Waals surface area contributed by atoms with Crippen molar-refractivity contribution in [3.05, 3.63) is 53.9 Å². The zero-order chi connectivity index (χ0) is 21.6. The van der Waals surface area contributed by atoms with Crippen molar-refractivity contribution in [3.63, 3.8) is 0 Å². The van der Waals surface area contributed by atoms with E-state index >= 15 is 0 Å². The molecule has 0 aliphatic carbocycles. The van der Waals surface area contributed by atoms with Crippen LogP contribution in [-0.2, 0) is 0 Å². The van der Waals surface area contributed by atoms with E-state index in [2.05, 4.69) is 20.3 Å². The van der Waals surface area contributed by atoms with E-state index < -0.39 is 0 Å². The first-order valence-corrected chi connectivity index (χ1v) is 10.9. The largest absolute Gasteiger partial charge is 0.497 e. The number of hydrogen-bond acceptors (Lipinski definition) is 5. The maximum Gasteiger partial charge on any atom is 0.342 e. The molecule has 162 valence electrons. The van der Waals surface area contributed by atoms with Crippen molar-refractivity contribution in [1.29, 1.82) is 0 Å². The van der Waals surface area contributed by atoms with Gasteiger partial charge in [-0.25, -0.2) is 4.79 Å². The van der Waals surface area contributed by atoms with E-state index in [0.717, 1.165) is 36.3 Å². The molecular formula is C23H26ClN5O2. The number of carbonyl (C=O) groups excluding carboxylic acids is 1. The fourth-order valence-corrected chi connectivity index (χ4v) is 4.06. The molecule has 3 heterocycles. The average Bonchev–Trinajstić information content (AvgIpc) is 3.26. The van der Waals surface area contributed by atoms with Crippen molar-refractivity contribution >= 4 is 17.6 Å². The summed E-state index contributed by atoms with van der Waals surface area (Å²) in [5.74, 6) is 0.628. The highest BCUT2D eigenvalue weighted by molar-refractivity contribution is 6.31. The molecule has 8 heteroatoms. The highest BCUT2D eigenvalue weighted by Crippen LogP contribution is 2.34. The number of pyridine rings is 1. The summed E-state index contributed by atoms with van der Waals surface area (Å²) in [6, 6.07) is 8.93. The van der Waals surface area contributed by atoms with Gasteiger partial charge in [0.1, 0.15) is 11.4 Å². The molecule has 7 nitrogen and oxygen atoms in total. The Kier molecular flexibility index (Phi) is 6.84. The van der Waals surface area contributed by atoms with Crippen LogP contribution in [0.2, 0.25) is 5.02 Å². The number of hydrogen-bond donors (Lipinski definition) is 1. The number of halogens is 1. The molecular weight excluding hydrogens is 414 g/mol. The van der Waals surface area contributed by atoms with Gasteiger partial charge in [0, 0.05) is 47.8 Å². The number of aromatic nitrogens is 3. The van der Waals surface area contributed by atoms with E-state index in [-0.39, 0.29) is 6.03 Å². The highest BCUT2D eigenvalue weighted by Gasteiger charge is 2.18. The van der Waals surface area contributed by atoms with Crippen LogP contribution in [-0.4, -0.2) is 59.0 Å². The Bertz CT molecular complexity index is 1030. The molecule has 0 bridgehead atoms. The van der Waals surface area contributed by atoms with Crippen LogP contribution in [0.25, 0.3) is 22.4 Å². The van der Waals surface area contributed by atoms with Crippen LogP contribution in [0.1, 0.15) is 19.3 Å². The summed E-state index contributed by atoms with van der Waals surface area (Å²) in [5.41, 5.74) is 3.16. The van der Waals surface area contributed by atoms with Gasteiger partial charge in [-0.2, -0.15) is 9.78 Å². The number of piperidine rings is 1. The SMILES string of the molecule is COc1cc(Cl)cc(-c2nn(C(=O)NCCN3CCCCC3)cc2-c2ccncc2)c1. The van der Waals surface area contributed by atoms with Gasteiger partial charge in [-0.1, -0.05) is 18.0 Å². The molecule has 31 heavy (non-hydrogen) atoms. The molecule has 2 aromatic heterocycles. The zero-order valence-corrected chi connectivity index (χ0v) is 18.3. The summed E-state index contributed by atoms with van der Waals surface area (Å²) >= 11 is 6.28. The summed E-state index contributed by atoms with van der Waals surface area (Å²) in [4.78, 5) is 19.3.